The molecule has 1 aromatic rings. The normalized spacial score (nSPS) is 11.2. The molecule has 0 aliphatic heterocycles. The van der Waals surface area contributed by atoms with Crippen LogP contribution in [0.15, 0.2) is 22.9 Å². The highest BCUT2D eigenvalue weighted by atomic mass is 35.5. The van der Waals surface area contributed by atoms with Gasteiger partial charge in [0.25, 0.3) is 0 Å². The number of rotatable bonds is 4. The van der Waals surface area contributed by atoms with E-state index in [2.05, 4.69) is 14.8 Å². The van der Waals surface area contributed by atoms with Crippen LogP contribution in [-0.2, 0) is 9.53 Å². The minimum absolute atomic E-state index is 0.123. The van der Waals surface area contributed by atoms with E-state index in [-0.39, 0.29) is 27.6 Å². The number of benzene rings is 1. The molecule has 8 heteroatoms. The van der Waals surface area contributed by atoms with Gasteiger partial charge in [-0.1, -0.05) is 16.7 Å². The smallest absolute Gasteiger partial charge is 0.340 e. The molecule has 20 heavy (non-hydrogen) atoms. The Morgan fingerprint density at radius 2 is 2.10 bits per heavy atom. The summed E-state index contributed by atoms with van der Waals surface area (Å²) < 4.78 is 23.1. The molecular weight excluding hydrogens is 289 g/mol. The predicted octanol–water partition coefficient (Wildman–Crippen LogP) is 3.70. The molecule has 0 N–H and O–H groups in total. The molecule has 1 rings (SSSR count). The molecule has 0 bridgehead atoms. The van der Waals surface area contributed by atoms with E-state index in [1.807, 2.05) is 0 Å². The van der Waals surface area contributed by atoms with Gasteiger partial charge >= 0.3 is 5.97 Å². The molecule has 0 saturated heterocycles. The first-order valence-corrected chi connectivity index (χ1v) is 5.71. The Balaban J connectivity index is 3.58. The van der Waals surface area contributed by atoms with Crippen molar-refractivity contribution in [2.45, 2.75) is 6.92 Å². The van der Waals surface area contributed by atoms with Crippen molar-refractivity contribution in [3.05, 3.63) is 44.7 Å². The lowest BCUT2D eigenvalue weighted by Gasteiger charge is -2.12. The molecule has 0 radical (unpaired) electrons. The molecule has 0 aliphatic carbocycles. The minimum Gasteiger partial charge on any atom is -0.496 e. The second kappa shape index (κ2) is 6.79. The Labute approximate surface area is 119 Å². The van der Waals surface area contributed by atoms with E-state index in [4.69, 9.17) is 21.9 Å². The number of azide groups is 1. The van der Waals surface area contributed by atoms with E-state index in [0.29, 0.717) is 0 Å². The molecule has 0 unspecified atom stereocenters. The van der Waals surface area contributed by atoms with Gasteiger partial charge in [-0.2, -0.15) is 0 Å². The summed E-state index contributed by atoms with van der Waals surface area (Å²) in [4.78, 5) is 14.1. The molecule has 0 atom stereocenters. The van der Waals surface area contributed by atoms with Gasteiger partial charge < -0.3 is 9.47 Å². The van der Waals surface area contributed by atoms with E-state index in [9.17, 15) is 9.18 Å². The molecular formula is C12H11ClFN3O3. The van der Waals surface area contributed by atoms with E-state index in [1.54, 1.807) is 0 Å². The zero-order chi connectivity index (χ0) is 15.3. The molecule has 0 aliphatic rings. The molecule has 6 nitrogen and oxygen atoms in total. The average molecular weight is 300 g/mol. The fourth-order valence-electron chi connectivity index (χ4n) is 1.53. The maximum atomic E-state index is 13.6. The monoisotopic (exact) mass is 299 g/mol. The topological polar surface area (TPSA) is 84.3 Å². The molecule has 0 aromatic heterocycles. The molecule has 0 fully saturated rings. The summed E-state index contributed by atoms with van der Waals surface area (Å²) in [5.41, 5.74) is 8.66. The second-order valence-electron chi connectivity index (χ2n) is 3.62. The van der Waals surface area contributed by atoms with Crippen LogP contribution in [0.25, 0.3) is 16.0 Å². The van der Waals surface area contributed by atoms with Gasteiger partial charge in [0.05, 0.1) is 19.2 Å². The summed E-state index contributed by atoms with van der Waals surface area (Å²) in [7, 11) is 2.51. The van der Waals surface area contributed by atoms with E-state index in [0.717, 1.165) is 13.2 Å². The quantitative estimate of drug-likeness (QED) is 0.279. The third kappa shape index (κ3) is 3.20. The lowest BCUT2D eigenvalue weighted by molar-refractivity contribution is -0.136. The van der Waals surface area contributed by atoms with Crippen LogP contribution in [-0.4, -0.2) is 20.2 Å². The van der Waals surface area contributed by atoms with Gasteiger partial charge in [-0.25, -0.2) is 9.18 Å². The standard InChI is InChI=1S/C12H11ClFN3O3/c1-6(11(16-17-15)12(18)20-3)7-4-9(14)8(13)5-10(7)19-2/h4-5H,1-3H3/b11-6-. The van der Waals surface area contributed by atoms with Crippen LogP contribution in [0.5, 0.6) is 5.75 Å². The number of halogens is 2. The van der Waals surface area contributed by atoms with Crippen LogP contribution in [0.4, 0.5) is 4.39 Å². The second-order valence-corrected chi connectivity index (χ2v) is 4.03. The Morgan fingerprint density at radius 3 is 2.60 bits per heavy atom. The van der Waals surface area contributed by atoms with Crippen molar-refractivity contribution >= 4 is 23.1 Å². The number of hydrogen-bond donors (Lipinski definition) is 0. The van der Waals surface area contributed by atoms with Crippen LogP contribution in [0.2, 0.25) is 5.02 Å². The Bertz CT molecular complexity index is 625. The molecule has 0 saturated carbocycles. The fraction of sp³-hybridized carbons (Fsp3) is 0.250. The number of ether oxygens (including phenoxy) is 2. The summed E-state index contributed by atoms with van der Waals surface area (Å²) in [6.45, 7) is 1.48. The van der Waals surface area contributed by atoms with Crippen molar-refractivity contribution in [2.24, 2.45) is 5.11 Å². The number of allylic oxidation sites excluding steroid dienone is 1. The number of methoxy groups -OCH3 is 2. The van der Waals surface area contributed by atoms with Gasteiger partial charge in [0, 0.05) is 16.5 Å². The van der Waals surface area contributed by atoms with E-state index >= 15 is 0 Å². The number of nitrogens with zero attached hydrogens (tertiary/aromatic N) is 3. The third-order valence-corrected chi connectivity index (χ3v) is 2.81. The lowest BCUT2D eigenvalue weighted by Crippen LogP contribution is -2.05. The van der Waals surface area contributed by atoms with Gasteiger partial charge in [0.2, 0.25) is 0 Å². The zero-order valence-corrected chi connectivity index (χ0v) is 11.7. The van der Waals surface area contributed by atoms with Gasteiger partial charge in [0.15, 0.2) is 0 Å². The first-order chi connectivity index (χ1) is 9.46. The minimum atomic E-state index is -0.835. The fourth-order valence-corrected chi connectivity index (χ4v) is 1.68. The highest BCUT2D eigenvalue weighted by molar-refractivity contribution is 6.31. The summed E-state index contributed by atoms with van der Waals surface area (Å²) in [6.07, 6.45) is 0. The molecule has 0 amide bonds. The van der Waals surface area contributed by atoms with Crippen LogP contribution in [0.3, 0.4) is 0 Å². The van der Waals surface area contributed by atoms with Crippen molar-refractivity contribution in [1.82, 2.24) is 0 Å². The van der Waals surface area contributed by atoms with Crippen LogP contribution in [0.1, 0.15) is 12.5 Å². The zero-order valence-electron chi connectivity index (χ0n) is 11.0. The number of hydrogen-bond acceptors (Lipinski definition) is 4. The van der Waals surface area contributed by atoms with Crippen LogP contribution >= 0.6 is 11.6 Å². The van der Waals surface area contributed by atoms with Gasteiger partial charge in [0.1, 0.15) is 17.3 Å². The van der Waals surface area contributed by atoms with Crippen molar-refractivity contribution in [3.63, 3.8) is 0 Å². The van der Waals surface area contributed by atoms with E-state index in [1.165, 1.54) is 20.1 Å². The van der Waals surface area contributed by atoms with Crippen molar-refractivity contribution < 1.29 is 18.7 Å². The molecule has 1 aromatic carbocycles. The summed E-state index contributed by atoms with van der Waals surface area (Å²) in [5.74, 6) is -1.28. The van der Waals surface area contributed by atoms with Gasteiger partial charge in [-0.05, 0) is 24.1 Å². The van der Waals surface area contributed by atoms with Crippen LogP contribution < -0.4 is 4.74 Å². The molecule has 106 valence electrons. The van der Waals surface area contributed by atoms with E-state index < -0.39 is 11.8 Å². The number of esters is 1. The van der Waals surface area contributed by atoms with Gasteiger partial charge in [-0.15, -0.1) is 0 Å². The Kier molecular flexibility index (Phi) is 5.37. The largest absolute Gasteiger partial charge is 0.496 e. The Hall–Kier alpha value is -2.24. The SMILES string of the molecule is COC(=O)/C(N=[N+]=[N-])=C(\C)c1cc(F)c(Cl)cc1OC. The average Bonchev–Trinajstić information content (AvgIpc) is 2.45. The van der Waals surface area contributed by atoms with Crippen molar-refractivity contribution in [3.8, 4) is 5.75 Å². The van der Waals surface area contributed by atoms with Crippen LogP contribution in [0, 0.1) is 5.82 Å². The first kappa shape index (κ1) is 15.8. The maximum absolute atomic E-state index is 13.6. The number of carbonyl (C=O) groups is 1. The summed E-state index contributed by atoms with van der Waals surface area (Å²) in [6, 6.07) is 2.35. The number of carbonyl (C=O) groups excluding carboxylic acids is 1. The Morgan fingerprint density at radius 1 is 1.45 bits per heavy atom. The van der Waals surface area contributed by atoms with Crippen molar-refractivity contribution in [1.29, 1.82) is 0 Å². The predicted molar refractivity (Wildman–Crippen MR) is 71.7 cm³/mol. The summed E-state index contributed by atoms with van der Waals surface area (Å²) >= 11 is 5.66. The molecule has 0 heterocycles. The van der Waals surface area contributed by atoms with Gasteiger partial charge in [-0.3, -0.25) is 0 Å². The highest BCUT2D eigenvalue weighted by Crippen LogP contribution is 2.33. The maximum Gasteiger partial charge on any atom is 0.340 e. The summed E-state index contributed by atoms with van der Waals surface area (Å²) in [5, 5.41) is 3.15. The lowest BCUT2D eigenvalue weighted by atomic mass is 10.0. The highest BCUT2D eigenvalue weighted by Gasteiger charge is 2.18. The third-order valence-electron chi connectivity index (χ3n) is 2.53. The first-order valence-electron chi connectivity index (χ1n) is 5.34. The van der Waals surface area contributed by atoms with Crippen molar-refractivity contribution in [2.75, 3.05) is 14.2 Å². The molecule has 0 spiro atoms.